The van der Waals surface area contributed by atoms with Gasteiger partial charge in [0.1, 0.15) is 71.1 Å². The quantitative estimate of drug-likeness (QED) is 0.192. The number of likely N-dealkylation sites (N-methyl/N-ethyl adjacent to an activating group) is 7. The molecule has 10 atom stereocenters. The number of hydrogen-bond acceptors (Lipinski definition) is 13. The Bertz CT molecular complexity index is 3640. The molecule has 2 aromatic carbocycles. The molecule has 0 aromatic heterocycles. The molecule has 2 aromatic rings. The van der Waals surface area contributed by atoms with Crippen LogP contribution in [0.2, 0.25) is 0 Å². The predicted molar refractivity (Wildman–Crippen MR) is 386 cm³/mol. The van der Waals surface area contributed by atoms with E-state index in [1.807, 2.05) is 31.2 Å². The van der Waals surface area contributed by atoms with Crippen LogP contribution in [-0.2, 0) is 81.3 Å². The van der Waals surface area contributed by atoms with Crippen molar-refractivity contribution in [3.8, 4) is 0 Å². The highest BCUT2D eigenvalue weighted by Crippen LogP contribution is 2.39. The first kappa shape index (κ1) is 83.8. The lowest BCUT2D eigenvalue weighted by atomic mass is 9.74. The molecule has 2 saturated heterocycles. The minimum atomic E-state index is -5.42. The molecule has 4 fully saturated rings. The summed E-state index contributed by atoms with van der Waals surface area (Å²) in [6, 6.07) is -3.00. The number of carbonyl (C=O) groups is 12. The fourth-order valence-corrected chi connectivity index (χ4v) is 15.5. The molecule has 7 aliphatic heterocycles. The maximum absolute atomic E-state index is 15.7. The number of nitrogens with zero attached hydrogens (tertiary/aromatic N) is 9. The second-order valence-corrected chi connectivity index (χ2v) is 29.7. The van der Waals surface area contributed by atoms with E-state index < -0.39 is 198 Å². The zero-order valence-corrected chi connectivity index (χ0v) is 63.5. The van der Waals surface area contributed by atoms with Crippen LogP contribution in [-0.4, -0.2) is 264 Å². The zero-order chi connectivity index (χ0) is 78.5. The van der Waals surface area contributed by atoms with Gasteiger partial charge in [0.2, 0.25) is 70.9 Å². The van der Waals surface area contributed by atoms with Gasteiger partial charge in [-0.2, -0.15) is 13.2 Å². The molecule has 0 radical (unpaired) electrons. The van der Waals surface area contributed by atoms with Crippen molar-refractivity contribution in [2.45, 2.75) is 216 Å². The van der Waals surface area contributed by atoms with Crippen molar-refractivity contribution >= 4 is 77.0 Å². The monoisotopic (exact) mass is 1500 g/mol. The van der Waals surface area contributed by atoms with Gasteiger partial charge in [0.25, 0.3) is 0 Å². The Kier molecular flexibility index (Phi) is 28.9. The normalized spacial score (nSPS) is 27.1. The fourth-order valence-electron chi connectivity index (χ4n) is 15.5. The molecule has 25 nitrogen and oxygen atoms in total. The number of carbonyl (C=O) groups excluding carboxylic acids is 12. The van der Waals surface area contributed by atoms with Crippen LogP contribution in [0.3, 0.4) is 0 Å². The maximum Gasteiger partial charge on any atom is 0.422 e. The van der Waals surface area contributed by atoms with Crippen LogP contribution in [0.25, 0.3) is 6.08 Å². The van der Waals surface area contributed by atoms with Gasteiger partial charge in [0.15, 0.2) is 0 Å². The van der Waals surface area contributed by atoms with Crippen LogP contribution in [0.5, 0.6) is 0 Å². The third kappa shape index (κ3) is 19.9. The summed E-state index contributed by atoms with van der Waals surface area (Å²) in [5.41, 5.74) is -2.83. The Hall–Kier alpha value is -8.83. The molecule has 7 heterocycles. The topological polar surface area (TPSA) is 279 Å². The van der Waals surface area contributed by atoms with Crippen molar-refractivity contribution in [3.63, 3.8) is 0 Å². The molecule has 3 N–H and O–H groups in total. The summed E-state index contributed by atoms with van der Waals surface area (Å²) in [5, 5.41) is 8.52. The van der Waals surface area contributed by atoms with E-state index in [4.69, 9.17) is 4.74 Å². The molecule has 12 amide bonds. The Labute approximate surface area is 623 Å². The average Bonchev–Trinajstić information content (AvgIpc) is 1.70. The molecular formula is C77H107F5N12O13. The Balaban J connectivity index is 1.27. The number of nitrogens with one attached hydrogen (secondary N) is 3. The lowest BCUT2D eigenvalue weighted by Gasteiger charge is -2.46. The molecule has 2 saturated carbocycles. The van der Waals surface area contributed by atoms with E-state index in [0.717, 1.165) is 20.3 Å². The van der Waals surface area contributed by atoms with Crippen LogP contribution < -0.4 is 16.0 Å². The number of benzene rings is 2. The van der Waals surface area contributed by atoms with Gasteiger partial charge < -0.3 is 64.8 Å². The van der Waals surface area contributed by atoms with Crippen LogP contribution in [0.4, 0.5) is 22.0 Å². The summed E-state index contributed by atoms with van der Waals surface area (Å²) in [4.78, 5) is 193. The molecule has 9 aliphatic rings. The first-order valence-corrected chi connectivity index (χ1v) is 37.6. The van der Waals surface area contributed by atoms with E-state index >= 15 is 47.1 Å². The SMILES string of the molecule is CCO[C@@H]1C[C@H]2C(=O)NC3(CCC3)C(=O)N(C)[C@@H](C3CCCC3)C(=O)N(C)[C@H](C(=O)N(C)CC)CC(=O)N(C)[C@H]3CCCC/C=C\c4ccc(cc4)C[C@@H](C(=O)N(C)CC(=O)N[C@@H](CCc4cc(F)c(C(F)(F)F)c(F)c4)C(=O)N2C1)N1CC/C=C\C[C@@H](C1=O)N(C)C(=O)CN(C)C(=O)[C@H]([C@@H](C)CC)NC3=O. The fraction of sp³-hybridized carbons (Fsp3) is 0.636. The van der Waals surface area contributed by atoms with E-state index in [9.17, 15) is 32.3 Å². The van der Waals surface area contributed by atoms with Crippen molar-refractivity contribution in [2.75, 3.05) is 88.7 Å². The molecule has 2 aliphatic carbocycles. The lowest BCUT2D eigenvalue weighted by molar-refractivity contribution is -0.158. The second kappa shape index (κ2) is 36.8. The highest BCUT2D eigenvalue weighted by Gasteiger charge is 2.54. The van der Waals surface area contributed by atoms with E-state index in [0.29, 0.717) is 75.5 Å². The van der Waals surface area contributed by atoms with E-state index in [1.165, 1.54) is 78.7 Å². The molecule has 6 bridgehead atoms. The highest BCUT2D eigenvalue weighted by atomic mass is 19.4. The number of alkyl halides is 3. The Morgan fingerprint density at radius 2 is 1.31 bits per heavy atom. The van der Waals surface area contributed by atoms with Crippen LogP contribution >= 0.6 is 0 Å². The summed E-state index contributed by atoms with van der Waals surface area (Å²) in [6.07, 6.45) is 4.10. The number of amides is 12. The van der Waals surface area contributed by atoms with E-state index in [-0.39, 0.29) is 76.8 Å². The molecule has 588 valence electrons. The van der Waals surface area contributed by atoms with Gasteiger partial charge in [0.05, 0.1) is 25.6 Å². The van der Waals surface area contributed by atoms with Gasteiger partial charge in [-0.25, -0.2) is 8.78 Å². The lowest BCUT2D eigenvalue weighted by Crippen LogP contribution is -2.68. The van der Waals surface area contributed by atoms with Crippen molar-refractivity contribution < 1.29 is 84.2 Å². The van der Waals surface area contributed by atoms with Gasteiger partial charge >= 0.3 is 6.18 Å². The van der Waals surface area contributed by atoms with Crippen molar-refractivity contribution in [3.05, 3.63) is 88.5 Å². The van der Waals surface area contributed by atoms with Gasteiger partial charge in [-0.3, -0.25) is 57.5 Å². The van der Waals surface area contributed by atoms with Gasteiger partial charge in [-0.15, -0.1) is 0 Å². The maximum atomic E-state index is 15.7. The minimum absolute atomic E-state index is 0.0330. The Morgan fingerprint density at radius 3 is 1.93 bits per heavy atom. The van der Waals surface area contributed by atoms with Crippen LogP contribution in [0.15, 0.2) is 54.6 Å². The second-order valence-electron chi connectivity index (χ2n) is 29.7. The number of allylic oxidation sites excluding steroid dienone is 1. The van der Waals surface area contributed by atoms with Gasteiger partial charge in [-0.1, -0.05) is 88.1 Å². The number of rotatable bonds is 10. The minimum Gasteiger partial charge on any atom is -0.377 e. The van der Waals surface area contributed by atoms with Crippen LogP contribution in [0, 0.1) is 23.5 Å². The first-order chi connectivity index (χ1) is 50.7. The van der Waals surface area contributed by atoms with Crippen LogP contribution in [0.1, 0.15) is 159 Å². The largest absolute Gasteiger partial charge is 0.422 e. The molecule has 0 unspecified atom stereocenters. The average molecular weight is 1500 g/mol. The van der Waals surface area contributed by atoms with Crippen molar-refractivity contribution in [1.82, 2.24) is 60.0 Å². The van der Waals surface area contributed by atoms with E-state index in [2.05, 4.69) is 16.0 Å². The number of ether oxygens (including phenoxy) is 1. The first-order valence-electron chi connectivity index (χ1n) is 37.6. The van der Waals surface area contributed by atoms with E-state index in [1.54, 1.807) is 45.1 Å². The zero-order valence-electron chi connectivity index (χ0n) is 63.5. The predicted octanol–water partition coefficient (Wildman–Crippen LogP) is 5.65. The number of aryl methyl sites for hydroxylation is 1. The summed E-state index contributed by atoms with van der Waals surface area (Å²) in [6.45, 7) is 5.49. The standard InChI is InChI=1S/C77H107F5N12O13/c1-12-47(4)65-73(104)88(7)46-63(97)90(9)57-29-20-17-23-38-93(72(57)103)60-41-49-32-30-48(31-33-49)25-18-15-16-19-28-56(67(98)84-65)89(8)62(96)43-59(70(101)86(5)13-2)91(10)74(105)66(51-26-21-22-27-51)92(11)75(106)76(36-24-37-76)85-68(99)58-42-52(107-14-3)44-94(58)69(100)55(83-61(95)45-87(6)71(60)102)35-34-50-39-53(78)64(54(79)40-50)77(80,81)82/h17-18,20,25,30-33,39-40,47,51-52,55-60,65-66H,12-16,19,21-24,26-29,34-38,41-46H2,1-11H3,(H,83,95)(H,84,98)(H,85,99)/b20-17-,25-18-/t47-,52+,55-,56-,57-,58-,59-,60-,65-,66-/m0/s1. The molecule has 1 spiro atoms. The van der Waals surface area contributed by atoms with Crippen molar-refractivity contribution in [1.29, 1.82) is 0 Å². The third-order valence-electron chi connectivity index (χ3n) is 22.5. The Morgan fingerprint density at radius 1 is 0.664 bits per heavy atom. The van der Waals surface area contributed by atoms with Gasteiger partial charge in [0, 0.05) is 88.4 Å². The number of hydrogen-bond donors (Lipinski definition) is 3. The highest BCUT2D eigenvalue weighted by molar-refractivity contribution is 6.01. The van der Waals surface area contributed by atoms with Crippen molar-refractivity contribution in [2.24, 2.45) is 11.8 Å². The number of halogens is 5. The summed E-state index contributed by atoms with van der Waals surface area (Å²) in [7, 11) is 9.81. The third-order valence-corrected chi connectivity index (χ3v) is 22.5. The molecular weight excluding hydrogens is 1400 g/mol. The summed E-state index contributed by atoms with van der Waals surface area (Å²) < 4.78 is 78.1. The van der Waals surface area contributed by atoms with Gasteiger partial charge in [-0.05, 0) is 132 Å². The summed E-state index contributed by atoms with van der Waals surface area (Å²) >= 11 is 0. The molecule has 30 heteroatoms. The molecule has 107 heavy (non-hydrogen) atoms. The molecule has 11 rings (SSSR count). The summed E-state index contributed by atoms with van der Waals surface area (Å²) in [5.74, 6) is -13.8. The smallest absolute Gasteiger partial charge is 0.377 e.